The van der Waals surface area contributed by atoms with Crippen LogP contribution >= 0.6 is 0 Å². The molecule has 0 bridgehead atoms. The molecule has 0 aliphatic carbocycles. The lowest BCUT2D eigenvalue weighted by Crippen LogP contribution is -1.81. The Balaban J connectivity index is 0.000000156. The van der Waals surface area contributed by atoms with Crippen molar-refractivity contribution in [3.05, 3.63) is 120 Å². The second kappa shape index (κ2) is 9.00. The Kier molecular flexibility index (Phi) is 6.22. The van der Waals surface area contributed by atoms with Crippen LogP contribution in [0.25, 0.3) is 22.3 Å². The normalized spacial score (nSPS) is 10.0. The minimum Gasteiger partial charge on any atom is -0.0622 e. The Morgan fingerprint density at radius 3 is 1.30 bits per heavy atom. The Morgan fingerprint density at radius 2 is 0.778 bits per heavy atom. The molecule has 0 saturated carbocycles. The zero-order valence-electron chi connectivity index (χ0n) is 16.3. The molecule has 27 heavy (non-hydrogen) atoms. The zero-order chi connectivity index (χ0) is 19.1. The first-order valence-corrected chi connectivity index (χ1v) is 9.37. The molecule has 4 rings (SSSR count). The number of hydrogen-bond donors (Lipinski definition) is 0. The first-order chi connectivity index (χ1) is 13.1. The van der Waals surface area contributed by atoms with Crippen molar-refractivity contribution in [1.82, 2.24) is 0 Å². The van der Waals surface area contributed by atoms with Crippen molar-refractivity contribution < 1.29 is 0 Å². The Labute approximate surface area is 163 Å². The van der Waals surface area contributed by atoms with Crippen molar-refractivity contribution in [3.8, 4) is 22.3 Å². The van der Waals surface area contributed by atoms with Crippen molar-refractivity contribution in [3.63, 3.8) is 0 Å². The van der Waals surface area contributed by atoms with Gasteiger partial charge in [0.1, 0.15) is 0 Å². The van der Waals surface area contributed by atoms with E-state index in [-0.39, 0.29) is 0 Å². The number of benzene rings is 4. The molecule has 0 fully saturated rings. The highest BCUT2D eigenvalue weighted by molar-refractivity contribution is 5.65. The highest BCUT2D eigenvalue weighted by Gasteiger charge is 1.98. The molecule has 134 valence electrons. The highest BCUT2D eigenvalue weighted by atomic mass is 14.0. The molecule has 0 radical (unpaired) electrons. The van der Waals surface area contributed by atoms with E-state index in [1.807, 2.05) is 12.1 Å². The van der Waals surface area contributed by atoms with Crippen LogP contribution in [0.5, 0.6) is 0 Å². The van der Waals surface area contributed by atoms with Crippen LogP contribution in [0.4, 0.5) is 0 Å². The molecule has 4 aromatic rings. The lowest BCUT2D eigenvalue weighted by Gasteiger charge is -2.04. The van der Waals surface area contributed by atoms with E-state index in [0.717, 1.165) is 0 Å². The number of rotatable bonds is 2. The maximum absolute atomic E-state index is 2.22. The van der Waals surface area contributed by atoms with Gasteiger partial charge in [-0.15, -0.1) is 0 Å². The maximum atomic E-state index is 2.22. The van der Waals surface area contributed by atoms with Gasteiger partial charge in [0.25, 0.3) is 0 Å². The molecule has 4 aromatic carbocycles. The largest absolute Gasteiger partial charge is 0.0622 e. The van der Waals surface area contributed by atoms with Crippen molar-refractivity contribution in [2.24, 2.45) is 0 Å². The van der Waals surface area contributed by atoms with Gasteiger partial charge in [0.15, 0.2) is 0 Å². The second-order valence-corrected chi connectivity index (χ2v) is 6.98. The Hall–Kier alpha value is -3.12. The number of hydrogen-bond acceptors (Lipinski definition) is 0. The third kappa shape index (κ3) is 5.43. The first kappa shape index (κ1) is 18.7. The molecule has 0 atom stereocenters. The van der Waals surface area contributed by atoms with Gasteiger partial charge in [-0.05, 0) is 43.0 Å². The topological polar surface area (TPSA) is 0 Å². The van der Waals surface area contributed by atoms with Gasteiger partial charge in [-0.25, -0.2) is 0 Å². The van der Waals surface area contributed by atoms with Crippen LogP contribution in [-0.2, 0) is 0 Å². The summed E-state index contributed by atoms with van der Waals surface area (Å²) in [5, 5.41) is 0. The van der Waals surface area contributed by atoms with Crippen molar-refractivity contribution in [2.75, 3.05) is 0 Å². The predicted octanol–water partition coefficient (Wildman–Crippen LogP) is 7.63. The van der Waals surface area contributed by atoms with Gasteiger partial charge in [-0.3, -0.25) is 0 Å². The van der Waals surface area contributed by atoms with Crippen molar-refractivity contribution in [2.45, 2.75) is 20.8 Å². The summed E-state index contributed by atoms with van der Waals surface area (Å²) in [5.41, 5.74) is 9.13. The van der Waals surface area contributed by atoms with Gasteiger partial charge in [0.2, 0.25) is 0 Å². The molecule has 0 N–H and O–H groups in total. The van der Waals surface area contributed by atoms with Gasteiger partial charge in [-0.1, -0.05) is 120 Å². The summed E-state index contributed by atoms with van der Waals surface area (Å²) in [7, 11) is 0. The first-order valence-electron chi connectivity index (χ1n) is 9.37. The minimum atomic E-state index is 1.28. The predicted molar refractivity (Wildman–Crippen MR) is 118 cm³/mol. The fourth-order valence-corrected chi connectivity index (χ4v) is 3.23. The summed E-state index contributed by atoms with van der Waals surface area (Å²) in [4.78, 5) is 0. The minimum absolute atomic E-state index is 1.28. The summed E-state index contributed by atoms with van der Waals surface area (Å²) >= 11 is 0. The zero-order valence-corrected chi connectivity index (χ0v) is 16.3. The quantitative estimate of drug-likeness (QED) is 0.348. The van der Waals surface area contributed by atoms with E-state index in [9.17, 15) is 0 Å². The molecular weight excluding hydrogens is 324 g/mol. The van der Waals surface area contributed by atoms with Gasteiger partial charge in [-0.2, -0.15) is 0 Å². The number of aryl methyl sites for hydroxylation is 3. The second-order valence-electron chi connectivity index (χ2n) is 6.98. The van der Waals surface area contributed by atoms with Crippen LogP contribution in [0.2, 0.25) is 0 Å². The molecule has 0 nitrogen and oxygen atoms in total. The molecule has 0 aromatic heterocycles. The monoisotopic (exact) mass is 350 g/mol. The lowest BCUT2D eigenvalue weighted by atomic mass is 10.0. The van der Waals surface area contributed by atoms with Crippen LogP contribution < -0.4 is 0 Å². The molecule has 0 heterocycles. The summed E-state index contributed by atoms with van der Waals surface area (Å²) in [6.45, 7) is 6.39. The van der Waals surface area contributed by atoms with E-state index < -0.39 is 0 Å². The fourth-order valence-electron chi connectivity index (χ4n) is 3.23. The van der Waals surface area contributed by atoms with Crippen LogP contribution in [0.3, 0.4) is 0 Å². The van der Waals surface area contributed by atoms with Crippen LogP contribution in [0, 0.1) is 20.8 Å². The van der Waals surface area contributed by atoms with Crippen molar-refractivity contribution in [1.29, 1.82) is 0 Å². The van der Waals surface area contributed by atoms with Gasteiger partial charge in [0, 0.05) is 0 Å². The Bertz CT molecular complexity index is 962. The maximum Gasteiger partial charge on any atom is -0.0179 e. The smallest absolute Gasteiger partial charge is 0.0179 e. The average Bonchev–Trinajstić information content (AvgIpc) is 2.69. The van der Waals surface area contributed by atoms with E-state index in [0.29, 0.717) is 0 Å². The highest BCUT2D eigenvalue weighted by Crippen LogP contribution is 2.21. The van der Waals surface area contributed by atoms with Crippen molar-refractivity contribution >= 4 is 0 Å². The molecule has 0 unspecified atom stereocenters. The van der Waals surface area contributed by atoms with E-state index in [1.54, 1.807) is 0 Å². The van der Waals surface area contributed by atoms with Gasteiger partial charge >= 0.3 is 0 Å². The summed E-state index contributed by atoms with van der Waals surface area (Å²) < 4.78 is 0. The molecule has 0 aliphatic heterocycles. The third-order valence-electron chi connectivity index (χ3n) is 4.45. The molecule has 0 heteroatoms. The van der Waals surface area contributed by atoms with E-state index in [4.69, 9.17) is 0 Å². The van der Waals surface area contributed by atoms with Crippen LogP contribution in [-0.4, -0.2) is 0 Å². The van der Waals surface area contributed by atoms with E-state index in [1.165, 1.54) is 38.9 Å². The van der Waals surface area contributed by atoms with Gasteiger partial charge < -0.3 is 0 Å². The van der Waals surface area contributed by atoms with Gasteiger partial charge in [0.05, 0.1) is 0 Å². The summed E-state index contributed by atoms with van der Waals surface area (Å²) in [6, 6.07) is 36.1. The summed E-state index contributed by atoms with van der Waals surface area (Å²) in [5.74, 6) is 0. The van der Waals surface area contributed by atoms with E-state index >= 15 is 0 Å². The van der Waals surface area contributed by atoms with Crippen LogP contribution in [0.1, 0.15) is 16.7 Å². The SMILES string of the molecule is Cc1cc(C)cc(-c2ccccc2)c1.Cc1cccc(-c2ccccc2)c1. The molecule has 0 saturated heterocycles. The molecular formula is C27H26. The standard InChI is InChI=1S/C14H14.C13H12/c1-11-8-12(2)10-14(9-11)13-6-4-3-5-7-13;1-11-6-5-9-13(10-11)12-7-3-2-4-8-12/h3-10H,1-2H3;2-10H,1H3. The lowest BCUT2D eigenvalue weighted by molar-refractivity contribution is 1.38. The van der Waals surface area contributed by atoms with Crippen LogP contribution in [0.15, 0.2) is 103 Å². The average molecular weight is 351 g/mol. The Morgan fingerprint density at radius 1 is 0.333 bits per heavy atom. The molecule has 0 aliphatic rings. The fraction of sp³-hybridized carbons (Fsp3) is 0.111. The molecule has 0 amide bonds. The summed E-state index contributed by atoms with van der Waals surface area (Å²) in [6.07, 6.45) is 0. The molecule has 0 spiro atoms. The third-order valence-corrected chi connectivity index (χ3v) is 4.45. The van der Waals surface area contributed by atoms with E-state index in [2.05, 4.69) is 112 Å².